The molecule has 1 atom stereocenters. The van der Waals surface area contributed by atoms with E-state index in [9.17, 15) is 4.79 Å². The van der Waals surface area contributed by atoms with E-state index in [0.717, 1.165) is 19.4 Å². The Kier molecular flexibility index (Phi) is 5.73. The van der Waals surface area contributed by atoms with Gasteiger partial charge in [-0.05, 0) is 19.8 Å². The predicted molar refractivity (Wildman–Crippen MR) is 59.3 cm³/mol. The molecule has 1 aliphatic rings. The molecule has 0 bridgehead atoms. The first-order chi connectivity index (χ1) is 7.66. The number of rotatable bonds is 6. The molecule has 0 aromatic carbocycles. The maximum atomic E-state index is 11.5. The summed E-state index contributed by atoms with van der Waals surface area (Å²) in [6.07, 6.45) is 1.94. The summed E-state index contributed by atoms with van der Waals surface area (Å²) >= 11 is 0. The number of methoxy groups -OCH3 is 1. The van der Waals surface area contributed by atoms with Crippen LogP contribution in [0.15, 0.2) is 0 Å². The monoisotopic (exact) mass is 231 g/mol. The van der Waals surface area contributed by atoms with E-state index < -0.39 is 0 Å². The molecular weight excluding hydrogens is 210 g/mol. The van der Waals surface area contributed by atoms with Gasteiger partial charge in [0.2, 0.25) is 5.91 Å². The molecule has 1 rings (SSSR count). The molecule has 16 heavy (non-hydrogen) atoms. The quantitative estimate of drug-likeness (QED) is 0.669. The van der Waals surface area contributed by atoms with E-state index in [2.05, 4.69) is 5.32 Å². The van der Waals surface area contributed by atoms with Crippen molar-refractivity contribution in [3.05, 3.63) is 0 Å². The highest BCUT2D eigenvalue weighted by Crippen LogP contribution is 2.17. The molecule has 1 aliphatic heterocycles. The lowest BCUT2D eigenvalue weighted by Crippen LogP contribution is -2.52. The fourth-order valence-electron chi connectivity index (χ4n) is 1.71. The second kappa shape index (κ2) is 6.83. The summed E-state index contributed by atoms with van der Waals surface area (Å²) in [7, 11) is 1.60. The molecule has 5 nitrogen and oxygen atoms in total. The molecule has 5 heteroatoms. The van der Waals surface area contributed by atoms with Crippen LogP contribution in [0.3, 0.4) is 0 Å². The molecule has 0 radical (unpaired) electrons. The molecule has 0 spiro atoms. The molecule has 0 aliphatic carbocycles. The van der Waals surface area contributed by atoms with Crippen molar-refractivity contribution in [3.8, 4) is 0 Å². The van der Waals surface area contributed by atoms with Crippen molar-refractivity contribution < 1.29 is 19.0 Å². The molecule has 0 aromatic heterocycles. The van der Waals surface area contributed by atoms with Crippen LogP contribution >= 0.6 is 0 Å². The van der Waals surface area contributed by atoms with Crippen LogP contribution in [0.2, 0.25) is 0 Å². The second-order valence-electron chi connectivity index (χ2n) is 4.31. The van der Waals surface area contributed by atoms with Crippen molar-refractivity contribution in [2.45, 2.75) is 25.3 Å². The fraction of sp³-hybridized carbons (Fsp3) is 0.909. The van der Waals surface area contributed by atoms with Gasteiger partial charge in [0.05, 0.1) is 25.4 Å². The number of nitrogens with one attached hydrogen (secondary N) is 1. The van der Waals surface area contributed by atoms with Crippen molar-refractivity contribution in [2.24, 2.45) is 0 Å². The Bertz CT molecular complexity index is 214. The van der Waals surface area contributed by atoms with Crippen molar-refractivity contribution >= 4 is 5.91 Å². The number of hydrogen-bond acceptors (Lipinski definition) is 4. The highest BCUT2D eigenvalue weighted by molar-refractivity contribution is 5.78. The zero-order chi connectivity index (χ0) is 11.9. The average Bonchev–Trinajstić information content (AvgIpc) is 2.25. The maximum absolute atomic E-state index is 11.5. The molecule has 94 valence electrons. The molecule has 1 N–H and O–H groups in total. The van der Waals surface area contributed by atoms with Crippen LogP contribution in [-0.2, 0) is 19.0 Å². The summed E-state index contributed by atoms with van der Waals surface area (Å²) in [4.78, 5) is 11.5. The van der Waals surface area contributed by atoms with Gasteiger partial charge in [-0.25, -0.2) is 0 Å². The van der Waals surface area contributed by atoms with Gasteiger partial charge in [0.25, 0.3) is 0 Å². The average molecular weight is 231 g/mol. The highest BCUT2D eigenvalue weighted by Gasteiger charge is 2.28. The highest BCUT2D eigenvalue weighted by atomic mass is 16.5. The van der Waals surface area contributed by atoms with Crippen LogP contribution in [-0.4, -0.2) is 51.6 Å². The van der Waals surface area contributed by atoms with Crippen molar-refractivity contribution in [1.29, 1.82) is 0 Å². The van der Waals surface area contributed by atoms with Gasteiger partial charge in [0, 0.05) is 13.7 Å². The van der Waals surface area contributed by atoms with E-state index in [-0.39, 0.29) is 18.1 Å². The Morgan fingerprint density at radius 1 is 1.50 bits per heavy atom. The third-order valence-corrected chi connectivity index (χ3v) is 2.54. The van der Waals surface area contributed by atoms with E-state index in [1.165, 1.54) is 0 Å². The Balaban J connectivity index is 2.17. The Hall–Kier alpha value is -0.650. The molecule has 1 heterocycles. The SMILES string of the molecule is COCCOCC(=O)NC1(C)CCCOC1. The second-order valence-corrected chi connectivity index (χ2v) is 4.31. The molecule has 0 saturated carbocycles. The first kappa shape index (κ1) is 13.4. The summed E-state index contributed by atoms with van der Waals surface area (Å²) in [5.41, 5.74) is -0.236. The third kappa shape index (κ3) is 4.92. The minimum atomic E-state index is -0.236. The lowest BCUT2D eigenvalue weighted by atomic mass is 9.95. The minimum Gasteiger partial charge on any atom is -0.382 e. The van der Waals surface area contributed by atoms with Gasteiger partial charge >= 0.3 is 0 Å². The molecule has 1 unspecified atom stereocenters. The van der Waals surface area contributed by atoms with Crippen LogP contribution in [0.5, 0.6) is 0 Å². The molecule has 0 aromatic rings. The van der Waals surface area contributed by atoms with Gasteiger partial charge in [-0.1, -0.05) is 0 Å². The fourth-order valence-corrected chi connectivity index (χ4v) is 1.71. The molecule has 1 amide bonds. The van der Waals surface area contributed by atoms with Gasteiger partial charge in [-0.15, -0.1) is 0 Å². The van der Waals surface area contributed by atoms with Crippen LogP contribution in [0.25, 0.3) is 0 Å². The van der Waals surface area contributed by atoms with Crippen LogP contribution < -0.4 is 5.32 Å². The number of hydrogen-bond donors (Lipinski definition) is 1. The number of amides is 1. The van der Waals surface area contributed by atoms with Gasteiger partial charge < -0.3 is 19.5 Å². The smallest absolute Gasteiger partial charge is 0.246 e. The van der Waals surface area contributed by atoms with Crippen LogP contribution in [0, 0.1) is 0 Å². The molecule has 1 saturated heterocycles. The van der Waals surface area contributed by atoms with Gasteiger partial charge in [-0.3, -0.25) is 4.79 Å². The lowest BCUT2D eigenvalue weighted by Gasteiger charge is -2.34. The Morgan fingerprint density at radius 2 is 2.31 bits per heavy atom. The molecule has 1 fully saturated rings. The summed E-state index contributed by atoms with van der Waals surface area (Å²) < 4.78 is 15.3. The number of carbonyl (C=O) groups excluding carboxylic acids is 1. The Morgan fingerprint density at radius 3 is 2.94 bits per heavy atom. The lowest BCUT2D eigenvalue weighted by molar-refractivity contribution is -0.129. The first-order valence-corrected chi connectivity index (χ1v) is 5.62. The zero-order valence-corrected chi connectivity index (χ0v) is 10.1. The van der Waals surface area contributed by atoms with Gasteiger partial charge in [0.15, 0.2) is 0 Å². The largest absolute Gasteiger partial charge is 0.382 e. The first-order valence-electron chi connectivity index (χ1n) is 5.62. The Labute approximate surface area is 96.4 Å². The van der Waals surface area contributed by atoms with E-state index in [0.29, 0.717) is 19.8 Å². The van der Waals surface area contributed by atoms with E-state index in [1.54, 1.807) is 7.11 Å². The van der Waals surface area contributed by atoms with Crippen molar-refractivity contribution in [2.75, 3.05) is 40.1 Å². The summed E-state index contributed by atoms with van der Waals surface area (Å²) in [6, 6.07) is 0. The topological polar surface area (TPSA) is 56.8 Å². The summed E-state index contributed by atoms with van der Waals surface area (Å²) in [6.45, 7) is 4.40. The van der Waals surface area contributed by atoms with E-state index in [4.69, 9.17) is 14.2 Å². The maximum Gasteiger partial charge on any atom is 0.246 e. The van der Waals surface area contributed by atoms with E-state index >= 15 is 0 Å². The summed E-state index contributed by atoms with van der Waals surface area (Å²) in [5, 5.41) is 2.94. The minimum absolute atomic E-state index is 0.0823. The molecular formula is C11H21NO4. The van der Waals surface area contributed by atoms with Gasteiger partial charge in [0.1, 0.15) is 6.61 Å². The normalized spacial score (nSPS) is 25.4. The number of carbonyl (C=O) groups is 1. The van der Waals surface area contributed by atoms with Crippen molar-refractivity contribution in [1.82, 2.24) is 5.32 Å². The zero-order valence-electron chi connectivity index (χ0n) is 10.1. The third-order valence-electron chi connectivity index (χ3n) is 2.54. The van der Waals surface area contributed by atoms with Crippen LogP contribution in [0.4, 0.5) is 0 Å². The van der Waals surface area contributed by atoms with Crippen molar-refractivity contribution in [3.63, 3.8) is 0 Å². The number of ether oxygens (including phenoxy) is 3. The predicted octanol–water partition coefficient (Wildman–Crippen LogP) is 0.335. The standard InChI is InChI=1S/C11H21NO4/c1-11(4-3-5-16-9-11)12-10(13)8-15-7-6-14-2/h3-9H2,1-2H3,(H,12,13). The van der Waals surface area contributed by atoms with Gasteiger partial charge in [-0.2, -0.15) is 0 Å². The summed E-state index contributed by atoms with van der Waals surface area (Å²) in [5.74, 6) is -0.0934. The van der Waals surface area contributed by atoms with E-state index in [1.807, 2.05) is 6.92 Å². The van der Waals surface area contributed by atoms with Crippen LogP contribution in [0.1, 0.15) is 19.8 Å².